The smallest absolute Gasteiger partial charge is 0.123 e. The average Bonchev–Trinajstić information content (AvgIpc) is 2.15. The van der Waals surface area contributed by atoms with E-state index in [0.29, 0.717) is 0 Å². The predicted octanol–water partition coefficient (Wildman–Crippen LogP) is 2.74. The molecule has 0 fully saturated rings. The summed E-state index contributed by atoms with van der Waals surface area (Å²) in [5.74, 6) is 0.931. The molecule has 78 valence electrons. The molecule has 0 aromatic heterocycles. The Labute approximate surface area is 93.6 Å². The highest BCUT2D eigenvalue weighted by molar-refractivity contribution is 9.10. The van der Waals surface area contributed by atoms with Gasteiger partial charge in [0.1, 0.15) is 5.75 Å². The lowest BCUT2D eigenvalue weighted by molar-refractivity contribution is 0.408. The van der Waals surface area contributed by atoms with Gasteiger partial charge in [0, 0.05) is 16.1 Å². The molecular weight excluding hydrogens is 242 g/mol. The topological polar surface area (TPSA) is 35.2 Å². The number of hydrogen-bond acceptors (Lipinski definition) is 2. The van der Waals surface area contributed by atoms with E-state index in [1.54, 1.807) is 7.11 Å². The molecule has 0 amide bonds. The van der Waals surface area contributed by atoms with Crippen LogP contribution in [0.5, 0.6) is 5.75 Å². The van der Waals surface area contributed by atoms with E-state index in [-0.39, 0.29) is 6.04 Å². The van der Waals surface area contributed by atoms with Crippen molar-refractivity contribution in [1.29, 1.82) is 0 Å². The van der Waals surface area contributed by atoms with Crippen LogP contribution < -0.4 is 10.5 Å². The quantitative estimate of drug-likeness (QED) is 0.901. The van der Waals surface area contributed by atoms with Gasteiger partial charge in [-0.2, -0.15) is 0 Å². The highest BCUT2D eigenvalue weighted by atomic mass is 79.9. The van der Waals surface area contributed by atoms with Crippen LogP contribution in [-0.2, 0) is 6.42 Å². The summed E-state index contributed by atoms with van der Waals surface area (Å²) in [5.41, 5.74) is 6.93. The Kier molecular flexibility index (Phi) is 4.42. The second-order valence-electron chi connectivity index (χ2n) is 3.44. The third-order valence-electron chi connectivity index (χ3n) is 2.15. The van der Waals surface area contributed by atoms with Gasteiger partial charge in [0.15, 0.2) is 0 Å². The summed E-state index contributed by atoms with van der Waals surface area (Å²) in [7, 11) is 1.69. The SMILES string of the molecule is COc1cccc(Br)c1CC[C@@H](C)N. The van der Waals surface area contributed by atoms with E-state index in [2.05, 4.69) is 15.9 Å². The van der Waals surface area contributed by atoms with Crippen LogP contribution in [0.1, 0.15) is 18.9 Å². The van der Waals surface area contributed by atoms with Crippen molar-refractivity contribution in [1.82, 2.24) is 0 Å². The van der Waals surface area contributed by atoms with Gasteiger partial charge in [0.25, 0.3) is 0 Å². The Bertz CT molecular complexity index is 299. The van der Waals surface area contributed by atoms with E-state index in [4.69, 9.17) is 10.5 Å². The number of methoxy groups -OCH3 is 1. The molecule has 0 aliphatic heterocycles. The third kappa shape index (κ3) is 3.00. The van der Waals surface area contributed by atoms with Crippen molar-refractivity contribution < 1.29 is 4.74 Å². The second-order valence-corrected chi connectivity index (χ2v) is 4.29. The molecule has 0 heterocycles. The Morgan fingerprint density at radius 3 is 2.79 bits per heavy atom. The molecule has 3 heteroatoms. The largest absolute Gasteiger partial charge is 0.496 e. The first-order chi connectivity index (χ1) is 6.65. The third-order valence-corrected chi connectivity index (χ3v) is 2.89. The fourth-order valence-corrected chi connectivity index (χ4v) is 1.89. The standard InChI is InChI=1S/C11H16BrNO/c1-8(13)6-7-9-10(12)4-3-5-11(9)14-2/h3-5,8H,6-7,13H2,1-2H3/t8-/m1/s1. The molecule has 2 N–H and O–H groups in total. The second kappa shape index (κ2) is 5.37. The number of nitrogens with two attached hydrogens (primary N) is 1. The molecule has 0 radical (unpaired) electrons. The maximum Gasteiger partial charge on any atom is 0.123 e. The molecule has 0 spiro atoms. The van der Waals surface area contributed by atoms with Gasteiger partial charge in [0.2, 0.25) is 0 Å². The summed E-state index contributed by atoms with van der Waals surface area (Å²) in [4.78, 5) is 0. The Hall–Kier alpha value is -0.540. The zero-order valence-electron chi connectivity index (χ0n) is 8.59. The van der Waals surface area contributed by atoms with Crippen LogP contribution in [-0.4, -0.2) is 13.2 Å². The molecule has 0 aliphatic carbocycles. The lowest BCUT2D eigenvalue weighted by atomic mass is 10.1. The number of hydrogen-bond donors (Lipinski definition) is 1. The van der Waals surface area contributed by atoms with Crippen LogP contribution in [0.2, 0.25) is 0 Å². The van der Waals surface area contributed by atoms with Gasteiger partial charge in [-0.1, -0.05) is 22.0 Å². The zero-order chi connectivity index (χ0) is 10.6. The van der Waals surface area contributed by atoms with Crippen molar-refractivity contribution in [2.75, 3.05) is 7.11 Å². The van der Waals surface area contributed by atoms with Crippen LogP contribution in [0.4, 0.5) is 0 Å². The van der Waals surface area contributed by atoms with Crippen molar-refractivity contribution in [3.8, 4) is 5.75 Å². The summed E-state index contributed by atoms with van der Waals surface area (Å²) in [6, 6.07) is 6.20. The zero-order valence-corrected chi connectivity index (χ0v) is 10.2. The molecule has 2 nitrogen and oxygen atoms in total. The van der Waals surface area contributed by atoms with E-state index in [9.17, 15) is 0 Å². The fraction of sp³-hybridized carbons (Fsp3) is 0.455. The summed E-state index contributed by atoms with van der Waals surface area (Å²) < 4.78 is 6.38. The fourth-order valence-electron chi connectivity index (χ4n) is 1.34. The van der Waals surface area contributed by atoms with Crippen LogP contribution >= 0.6 is 15.9 Å². The van der Waals surface area contributed by atoms with Gasteiger partial charge in [0.05, 0.1) is 7.11 Å². The van der Waals surface area contributed by atoms with Crippen molar-refractivity contribution in [2.45, 2.75) is 25.8 Å². The number of benzene rings is 1. The molecule has 1 rings (SSSR count). The number of rotatable bonds is 4. The molecule has 0 bridgehead atoms. The first-order valence-electron chi connectivity index (χ1n) is 4.72. The maximum absolute atomic E-state index is 5.73. The predicted molar refractivity (Wildman–Crippen MR) is 62.7 cm³/mol. The highest BCUT2D eigenvalue weighted by Gasteiger charge is 2.07. The highest BCUT2D eigenvalue weighted by Crippen LogP contribution is 2.27. The summed E-state index contributed by atoms with van der Waals surface area (Å²) in [6.07, 6.45) is 1.92. The van der Waals surface area contributed by atoms with Crippen molar-refractivity contribution in [3.05, 3.63) is 28.2 Å². The molecule has 1 aromatic carbocycles. The van der Waals surface area contributed by atoms with E-state index in [0.717, 1.165) is 23.1 Å². The summed E-state index contributed by atoms with van der Waals surface area (Å²) >= 11 is 3.52. The molecule has 1 atom stereocenters. The van der Waals surface area contributed by atoms with E-state index < -0.39 is 0 Å². The Morgan fingerprint density at radius 1 is 1.50 bits per heavy atom. The number of ether oxygens (including phenoxy) is 1. The van der Waals surface area contributed by atoms with Gasteiger partial charge in [-0.05, 0) is 31.9 Å². The van der Waals surface area contributed by atoms with Gasteiger partial charge >= 0.3 is 0 Å². The monoisotopic (exact) mass is 257 g/mol. The lowest BCUT2D eigenvalue weighted by Crippen LogP contribution is -2.15. The minimum atomic E-state index is 0.229. The molecule has 1 aromatic rings. The van der Waals surface area contributed by atoms with Gasteiger partial charge in [-0.15, -0.1) is 0 Å². The minimum Gasteiger partial charge on any atom is -0.496 e. The molecule has 0 unspecified atom stereocenters. The molecule has 14 heavy (non-hydrogen) atoms. The van der Waals surface area contributed by atoms with Crippen molar-refractivity contribution >= 4 is 15.9 Å². The van der Waals surface area contributed by atoms with Crippen molar-refractivity contribution in [2.24, 2.45) is 5.73 Å². The molecular formula is C11H16BrNO. The first kappa shape index (κ1) is 11.5. The van der Waals surface area contributed by atoms with Gasteiger partial charge in [-0.3, -0.25) is 0 Å². The average molecular weight is 258 g/mol. The number of halogens is 1. The van der Waals surface area contributed by atoms with Gasteiger partial charge in [-0.25, -0.2) is 0 Å². The van der Waals surface area contributed by atoms with Crippen LogP contribution in [0, 0.1) is 0 Å². The normalized spacial score (nSPS) is 12.6. The molecule has 0 aliphatic rings. The van der Waals surface area contributed by atoms with E-state index >= 15 is 0 Å². The Balaban J connectivity index is 2.82. The molecule has 0 saturated heterocycles. The molecule has 0 saturated carbocycles. The van der Waals surface area contributed by atoms with Gasteiger partial charge < -0.3 is 10.5 Å². The van der Waals surface area contributed by atoms with E-state index in [1.807, 2.05) is 25.1 Å². The summed E-state index contributed by atoms with van der Waals surface area (Å²) in [5, 5.41) is 0. The summed E-state index contributed by atoms with van der Waals surface area (Å²) in [6.45, 7) is 2.02. The van der Waals surface area contributed by atoms with Crippen LogP contribution in [0.25, 0.3) is 0 Å². The first-order valence-corrected chi connectivity index (χ1v) is 5.51. The minimum absolute atomic E-state index is 0.229. The van der Waals surface area contributed by atoms with Crippen LogP contribution in [0.3, 0.4) is 0 Å². The van der Waals surface area contributed by atoms with Crippen molar-refractivity contribution in [3.63, 3.8) is 0 Å². The van der Waals surface area contributed by atoms with Crippen LogP contribution in [0.15, 0.2) is 22.7 Å². The lowest BCUT2D eigenvalue weighted by Gasteiger charge is -2.11. The maximum atomic E-state index is 5.73. The Morgan fingerprint density at radius 2 is 2.21 bits per heavy atom. The van der Waals surface area contributed by atoms with E-state index in [1.165, 1.54) is 5.56 Å².